The molecule has 0 aliphatic heterocycles. The first-order valence-corrected chi connectivity index (χ1v) is 3.84. The molecule has 12 heavy (non-hydrogen) atoms. The number of hydrogen-bond donors (Lipinski definition) is 1. The van der Waals surface area contributed by atoms with E-state index in [0.717, 1.165) is 5.39 Å². The highest BCUT2D eigenvalue weighted by atomic mass is 35.5. The van der Waals surface area contributed by atoms with Crippen molar-refractivity contribution in [2.75, 3.05) is 0 Å². The first kappa shape index (κ1) is 7.62. The van der Waals surface area contributed by atoms with Gasteiger partial charge >= 0.3 is 0 Å². The molecule has 2 rings (SSSR count). The third-order valence-corrected chi connectivity index (χ3v) is 2.11. The Labute approximate surface area is 74.2 Å². The van der Waals surface area contributed by atoms with Gasteiger partial charge in [0.15, 0.2) is 0 Å². The zero-order valence-electron chi connectivity index (χ0n) is 6.20. The molecule has 2 aromatic rings. The van der Waals surface area contributed by atoms with Gasteiger partial charge in [-0.1, -0.05) is 11.6 Å². The van der Waals surface area contributed by atoms with E-state index in [2.05, 4.69) is 11.9 Å². The third-order valence-electron chi connectivity index (χ3n) is 1.80. The fourth-order valence-corrected chi connectivity index (χ4v) is 1.36. The van der Waals surface area contributed by atoms with Gasteiger partial charge in [0.25, 0.3) is 0 Å². The second-order valence-corrected chi connectivity index (χ2v) is 3.03. The molecule has 1 radical (unpaired) electrons. The Hall–Kier alpha value is -1.02. The number of benzene rings is 1. The number of H-pyrrole nitrogens is 1. The summed E-state index contributed by atoms with van der Waals surface area (Å²) >= 11 is 5.82. The molecule has 1 heterocycles. The van der Waals surface area contributed by atoms with Crippen LogP contribution in [0.1, 0.15) is 5.56 Å². The average molecular weight is 183 g/mol. The minimum Gasteiger partial charge on any atom is -0.360 e. The topological polar surface area (TPSA) is 15.8 Å². The van der Waals surface area contributed by atoms with Crippen molar-refractivity contribution in [3.8, 4) is 0 Å². The van der Waals surface area contributed by atoms with Crippen LogP contribution >= 0.6 is 11.6 Å². The van der Waals surface area contributed by atoms with Crippen molar-refractivity contribution in [1.82, 2.24) is 4.98 Å². The lowest BCUT2D eigenvalue weighted by Gasteiger charge is -1.95. The standard InChI is InChI=1S/C9H6ClFN/c1-5-2-6-7(10)4-12-9(6)3-8(5)11/h2-4,12H,1H2. The van der Waals surface area contributed by atoms with Gasteiger partial charge in [0.2, 0.25) is 0 Å². The molecule has 1 aromatic heterocycles. The number of hydrogen-bond acceptors (Lipinski definition) is 0. The van der Waals surface area contributed by atoms with Gasteiger partial charge < -0.3 is 4.98 Å². The van der Waals surface area contributed by atoms with E-state index in [1.54, 1.807) is 12.3 Å². The van der Waals surface area contributed by atoms with Crippen LogP contribution in [0, 0.1) is 12.7 Å². The lowest BCUT2D eigenvalue weighted by Crippen LogP contribution is -1.80. The molecule has 0 aliphatic carbocycles. The second kappa shape index (κ2) is 2.49. The number of rotatable bonds is 0. The molecule has 0 saturated carbocycles. The molecular formula is C9H6ClFN. The fraction of sp³-hybridized carbons (Fsp3) is 0. The summed E-state index contributed by atoms with van der Waals surface area (Å²) in [6.45, 7) is 3.54. The molecule has 0 amide bonds. The van der Waals surface area contributed by atoms with E-state index in [0.29, 0.717) is 16.1 Å². The summed E-state index contributed by atoms with van der Waals surface area (Å²) in [5, 5.41) is 1.40. The van der Waals surface area contributed by atoms with Gasteiger partial charge in [0.05, 0.1) is 5.02 Å². The van der Waals surface area contributed by atoms with Crippen molar-refractivity contribution in [2.24, 2.45) is 0 Å². The van der Waals surface area contributed by atoms with Crippen LogP contribution < -0.4 is 0 Å². The van der Waals surface area contributed by atoms with Crippen LogP contribution in [0.2, 0.25) is 5.02 Å². The van der Waals surface area contributed by atoms with E-state index in [4.69, 9.17) is 11.6 Å². The molecule has 0 atom stereocenters. The molecule has 3 heteroatoms. The number of aromatic amines is 1. The van der Waals surface area contributed by atoms with E-state index >= 15 is 0 Å². The Bertz CT molecular complexity index is 433. The van der Waals surface area contributed by atoms with Gasteiger partial charge in [-0.25, -0.2) is 4.39 Å². The maximum Gasteiger partial charge on any atom is 0.128 e. The lowest BCUT2D eigenvalue weighted by molar-refractivity contribution is 0.624. The zero-order chi connectivity index (χ0) is 8.72. The normalized spacial score (nSPS) is 10.9. The maximum absolute atomic E-state index is 12.9. The van der Waals surface area contributed by atoms with Gasteiger partial charge in [-0.2, -0.15) is 0 Å². The lowest BCUT2D eigenvalue weighted by atomic mass is 10.2. The fourth-order valence-electron chi connectivity index (χ4n) is 1.15. The first-order chi connectivity index (χ1) is 5.68. The Morgan fingerprint density at radius 1 is 1.42 bits per heavy atom. The van der Waals surface area contributed by atoms with E-state index in [-0.39, 0.29) is 5.82 Å². The Morgan fingerprint density at radius 2 is 2.17 bits per heavy atom. The molecule has 0 aliphatic rings. The van der Waals surface area contributed by atoms with Gasteiger partial charge in [0.1, 0.15) is 5.82 Å². The van der Waals surface area contributed by atoms with E-state index in [9.17, 15) is 4.39 Å². The summed E-state index contributed by atoms with van der Waals surface area (Å²) < 4.78 is 12.9. The SMILES string of the molecule is [CH2]c1cc2c(Cl)c[nH]c2cc1F. The van der Waals surface area contributed by atoms with Crippen molar-refractivity contribution in [3.05, 3.63) is 41.7 Å². The minimum absolute atomic E-state index is 0.319. The number of fused-ring (bicyclic) bond motifs is 1. The highest BCUT2D eigenvalue weighted by Gasteiger charge is 2.04. The molecule has 0 bridgehead atoms. The van der Waals surface area contributed by atoms with Crippen LogP contribution in [0.5, 0.6) is 0 Å². The molecular weight excluding hydrogens is 177 g/mol. The Kier molecular flexibility index (Phi) is 1.58. The van der Waals surface area contributed by atoms with Gasteiger partial charge in [-0.15, -0.1) is 0 Å². The summed E-state index contributed by atoms with van der Waals surface area (Å²) in [5.41, 5.74) is 1.06. The monoisotopic (exact) mass is 182 g/mol. The summed E-state index contributed by atoms with van der Waals surface area (Å²) in [5.74, 6) is -0.319. The number of nitrogens with one attached hydrogen (secondary N) is 1. The first-order valence-electron chi connectivity index (χ1n) is 3.46. The number of halogens is 2. The van der Waals surface area contributed by atoms with Crippen molar-refractivity contribution in [3.63, 3.8) is 0 Å². The molecule has 1 aromatic carbocycles. The predicted molar refractivity (Wildman–Crippen MR) is 47.7 cm³/mol. The highest BCUT2D eigenvalue weighted by molar-refractivity contribution is 6.35. The maximum atomic E-state index is 12.9. The van der Waals surface area contributed by atoms with Crippen LogP contribution in [0.25, 0.3) is 10.9 Å². The van der Waals surface area contributed by atoms with Crippen molar-refractivity contribution in [1.29, 1.82) is 0 Å². The number of aromatic nitrogens is 1. The summed E-state index contributed by atoms with van der Waals surface area (Å²) in [6, 6.07) is 3.02. The molecule has 61 valence electrons. The second-order valence-electron chi connectivity index (χ2n) is 2.63. The third kappa shape index (κ3) is 0.994. The van der Waals surface area contributed by atoms with Crippen LogP contribution in [-0.2, 0) is 0 Å². The van der Waals surface area contributed by atoms with Crippen LogP contribution in [0.3, 0.4) is 0 Å². The van der Waals surface area contributed by atoms with Crippen LogP contribution in [-0.4, -0.2) is 4.98 Å². The van der Waals surface area contributed by atoms with E-state index < -0.39 is 0 Å². The van der Waals surface area contributed by atoms with Gasteiger partial charge in [-0.05, 0) is 24.6 Å². The van der Waals surface area contributed by atoms with Gasteiger partial charge in [-0.3, -0.25) is 0 Å². The van der Waals surface area contributed by atoms with Crippen molar-refractivity contribution < 1.29 is 4.39 Å². The highest BCUT2D eigenvalue weighted by Crippen LogP contribution is 2.25. The Morgan fingerprint density at radius 3 is 2.92 bits per heavy atom. The largest absolute Gasteiger partial charge is 0.360 e. The van der Waals surface area contributed by atoms with E-state index in [1.807, 2.05) is 0 Å². The summed E-state index contributed by atoms with van der Waals surface area (Å²) in [6.07, 6.45) is 1.63. The quantitative estimate of drug-likeness (QED) is 0.644. The molecule has 0 saturated heterocycles. The smallest absolute Gasteiger partial charge is 0.128 e. The van der Waals surface area contributed by atoms with Crippen LogP contribution in [0.4, 0.5) is 4.39 Å². The van der Waals surface area contributed by atoms with Crippen molar-refractivity contribution in [2.45, 2.75) is 0 Å². The van der Waals surface area contributed by atoms with E-state index in [1.165, 1.54) is 6.07 Å². The Balaban J connectivity index is 2.87. The average Bonchev–Trinajstić information content (AvgIpc) is 2.35. The van der Waals surface area contributed by atoms with Crippen LogP contribution in [0.15, 0.2) is 18.3 Å². The van der Waals surface area contributed by atoms with Crippen molar-refractivity contribution >= 4 is 22.5 Å². The predicted octanol–water partition coefficient (Wildman–Crippen LogP) is 3.14. The molecule has 1 nitrogen and oxygen atoms in total. The summed E-state index contributed by atoms with van der Waals surface area (Å²) in [4.78, 5) is 2.86. The zero-order valence-corrected chi connectivity index (χ0v) is 6.95. The minimum atomic E-state index is -0.319. The molecule has 0 spiro atoms. The molecule has 1 N–H and O–H groups in total. The summed E-state index contributed by atoms with van der Waals surface area (Å²) in [7, 11) is 0. The molecule has 0 fully saturated rings. The molecule has 0 unspecified atom stereocenters. The van der Waals surface area contributed by atoms with Gasteiger partial charge in [0, 0.05) is 17.1 Å².